The SMILES string of the molecule is Cc1c(C(=O)Nc2cccc(Oc3cnccn3)c2)cnn1C1CCCC1. The van der Waals surface area contributed by atoms with Gasteiger partial charge in [0.15, 0.2) is 0 Å². The molecule has 4 rings (SSSR count). The van der Waals surface area contributed by atoms with E-state index in [0.29, 0.717) is 28.9 Å². The molecular weight excluding hydrogens is 342 g/mol. The Bertz CT molecular complexity index is 933. The van der Waals surface area contributed by atoms with Crippen molar-refractivity contribution in [3.05, 3.63) is 60.3 Å². The van der Waals surface area contributed by atoms with Crippen LogP contribution < -0.4 is 10.1 Å². The van der Waals surface area contributed by atoms with Crippen LogP contribution in [0.1, 0.15) is 47.8 Å². The summed E-state index contributed by atoms with van der Waals surface area (Å²) in [6.45, 7) is 1.95. The smallest absolute Gasteiger partial charge is 0.259 e. The average Bonchev–Trinajstić information content (AvgIpc) is 3.32. The second kappa shape index (κ2) is 7.57. The molecule has 0 saturated heterocycles. The number of rotatable bonds is 5. The molecule has 0 unspecified atom stereocenters. The Morgan fingerprint density at radius 2 is 2.07 bits per heavy atom. The van der Waals surface area contributed by atoms with Gasteiger partial charge in [-0.1, -0.05) is 18.9 Å². The molecule has 27 heavy (non-hydrogen) atoms. The number of nitrogens with one attached hydrogen (secondary N) is 1. The van der Waals surface area contributed by atoms with Crippen molar-refractivity contribution in [2.75, 3.05) is 5.32 Å². The van der Waals surface area contributed by atoms with Gasteiger partial charge in [0.1, 0.15) is 5.75 Å². The summed E-state index contributed by atoms with van der Waals surface area (Å²) in [6, 6.07) is 7.60. The van der Waals surface area contributed by atoms with Crippen LogP contribution in [-0.2, 0) is 0 Å². The van der Waals surface area contributed by atoms with E-state index in [1.807, 2.05) is 23.7 Å². The lowest BCUT2D eigenvalue weighted by atomic mass is 10.2. The normalized spacial score (nSPS) is 14.3. The van der Waals surface area contributed by atoms with Crippen LogP contribution in [0.3, 0.4) is 0 Å². The molecule has 1 amide bonds. The van der Waals surface area contributed by atoms with E-state index in [2.05, 4.69) is 20.4 Å². The fourth-order valence-corrected chi connectivity index (χ4v) is 3.46. The number of ether oxygens (including phenoxy) is 1. The number of hydrogen-bond acceptors (Lipinski definition) is 5. The topological polar surface area (TPSA) is 81.9 Å². The maximum atomic E-state index is 12.7. The first kappa shape index (κ1) is 17.2. The highest BCUT2D eigenvalue weighted by Gasteiger charge is 2.22. The summed E-state index contributed by atoms with van der Waals surface area (Å²) in [5, 5.41) is 7.37. The molecular formula is C20H21N5O2. The molecule has 7 heteroatoms. The van der Waals surface area contributed by atoms with Crippen LogP contribution in [0.15, 0.2) is 49.1 Å². The third-order valence-electron chi connectivity index (χ3n) is 4.81. The lowest BCUT2D eigenvalue weighted by molar-refractivity contribution is 0.102. The predicted octanol–water partition coefficient (Wildman–Crippen LogP) is 4.14. The van der Waals surface area contributed by atoms with Crippen molar-refractivity contribution in [3.63, 3.8) is 0 Å². The predicted molar refractivity (Wildman–Crippen MR) is 101 cm³/mol. The molecule has 2 heterocycles. The maximum absolute atomic E-state index is 12.7. The van der Waals surface area contributed by atoms with E-state index in [-0.39, 0.29) is 5.91 Å². The van der Waals surface area contributed by atoms with Crippen LogP contribution in [0.2, 0.25) is 0 Å². The fraction of sp³-hybridized carbons (Fsp3) is 0.300. The van der Waals surface area contributed by atoms with Crippen molar-refractivity contribution in [3.8, 4) is 11.6 Å². The summed E-state index contributed by atoms with van der Waals surface area (Å²) < 4.78 is 7.66. The van der Waals surface area contributed by atoms with Gasteiger partial charge in [-0.25, -0.2) is 4.98 Å². The van der Waals surface area contributed by atoms with Gasteiger partial charge < -0.3 is 10.1 Å². The Balaban J connectivity index is 1.47. The van der Waals surface area contributed by atoms with Gasteiger partial charge in [-0.05, 0) is 31.9 Å². The minimum absolute atomic E-state index is 0.173. The second-order valence-electron chi connectivity index (χ2n) is 6.65. The lowest BCUT2D eigenvalue weighted by Gasteiger charge is -2.12. The van der Waals surface area contributed by atoms with Gasteiger partial charge >= 0.3 is 0 Å². The van der Waals surface area contributed by atoms with Crippen LogP contribution in [0.25, 0.3) is 0 Å². The fourth-order valence-electron chi connectivity index (χ4n) is 3.46. The van der Waals surface area contributed by atoms with E-state index in [1.54, 1.807) is 30.7 Å². The number of carbonyl (C=O) groups excluding carboxylic acids is 1. The van der Waals surface area contributed by atoms with Crippen molar-refractivity contribution < 1.29 is 9.53 Å². The van der Waals surface area contributed by atoms with Gasteiger partial charge in [0.05, 0.1) is 24.0 Å². The average molecular weight is 363 g/mol. The van der Waals surface area contributed by atoms with Crippen LogP contribution in [-0.4, -0.2) is 25.7 Å². The Labute approximate surface area is 157 Å². The van der Waals surface area contributed by atoms with Crippen LogP contribution in [0, 0.1) is 6.92 Å². The zero-order chi connectivity index (χ0) is 18.6. The highest BCUT2D eigenvalue weighted by Crippen LogP contribution is 2.30. The summed E-state index contributed by atoms with van der Waals surface area (Å²) in [7, 11) is 0. The van der Waals surface area contributed by atoms with Gasteiger partial charge in [-0.15, -0.1) is 0 Å². The number of nitrogens with zero attached hydrogens (tertiary/aromatic N) is 4. The molecule has 1 fully saturated rings. The summed E-state index contributed by atoms with van der Waals surface area (Å²) >= 11 is 0. The zero-order valence-electron chi connectivity index (χ0n) is 15.1. The lowest BCUT2D eigenvalue weighted by Crippen LogP contribution is -2.14. The largest absolute Gasteiger partial charge is 0.437 e. The standard InChI is InChI=1S/C20H21N5O2/c1-14-18(12-23-25(14)16-6-2-3-7-16)20(26)24-15-5-4-8-17(11-15)27-19-13-21-9-10-22-19/h4-5,8-13,16H,2-3,6-7H2,1H3,(H,24,26). The first-order valence-corrected chi connectivity index (χ1v) is 9.10. The molecule has 2 aromatic heterocycles. The van der Waals surface area contributed by atoms with E-state index in [9.17, 15) is 4.79 Å². The molecule has 0 spiro atoms. The molecule has 0 radical (unpaired) electrons. The summed E-state index contributed by atoms with van der Waals surface area (Å²) in [5.74, 6) is 0.801. The minimum atomic E-state index is -0.173. The first-order chi connectivity index (χ1) is 13.2. The monoisotopic (exact) mass is 363 g/mol. The summed E-state index contributed by atoms with van der Waals surface area (Å²) in [4.78, 5) is 20.8. The Hall–Kier alpha value is -3.22. The van der Waals surface area contributed by atoms with Gasteiger partial charge in [0, 0.05) is 29.8 Å². The Morgan fingerprint density at radius 1 is 1.22 bits per heavy atom. The molecule has 1 aliphatic carbocycles. The second-order valence-corrected chi connectivity index (χ2v) is 6.65. The minimum Gasteiger partial charge on any atom is -0.437 e. The van der Waals surface area contributed by atoms with Crippen LogP contribution in [0.5, 0.6) is 11.6 Å². The van der Waals surface area contributed by atoms with Crippen molar-refractivity contribution >= 4 is 11.6 Å². The highest BCUT2D eigenvalue weighted by atomic mass is 16.5. The Kier molecular flexibility index (Phi) is 4.82. The third kappa shape index (κ3) is 3.81. The van der Waals surface area contributed by atoms with Crippen LogP contribution >= 0.6 is 0 Å². The van der Waals surface area contributed by atoms with E-state index in [0.717, 1.165) is 18.5 Å². The molecule has 1 saturated carbocycles. The van der Waals surface area contributed by atoms with E-state index in [1.165, 1.54) is 19.0 Å². The van der Waals surface area contributed by atoms with Gasteiger partial charge in [-0.3, -0.25) is 14.5 Å². The van der Waals surface area contributed by atoms with Gasteiger partial charge in [0.2, 0.25) is 5.88 Å². The molecule has 0 bridgehead atoms. The molecule has 0 atom stereocenters. The number of amides is 1. The number of aromatic nitrogens is 4. The zero-order valence-corrected chi connectivity index (χ0v) is 15.1. The first-order valence-electron chi connectivity index (χ1n) is 9.10. The molecule has 0 aliphatic heterocycles. The maximum Gasteiger partial charge on any atom is 0.259 e. The highest BCUT2D eigenvalue weighted by molar-refractivity contribution is 6.05. The molecule has 3 aromatic rings. The summed E-state index contributed by atoms with van der Waals surface area (Å²) in [6.07, 6.45) is 11.0. The van der Waals surface area contributed by atoms with Crippen LogP contribution in [0.4, 0.5) is 5.69 Å². The van der Waals surface area contributed by atoms with Crippen molar-refractivity contribution in [2.45, 2.75) is 38.6 Å². The third-order valence-corrected chi connectivity index (χ3v) is 4.81. The molecule has 1 aliphatic rings. The molecule has 7 nitrogen and oxygen atoms in total. The molecule has 1 aromatic carbocycles. The molecule has 138 valence electrons. The number of carbonyl (C=O) groups is 1. The van der Waals surface area contributed by atoms with Crippen molar-refractivity contribution in [1.82, 2.24) is 19.7 Å². The van der Waals surface area contributed by atoms with Gasteiger partial charge in [0.25, 0.3) is 5.91 Å². The number of anilines is 1. The number of benzene rings is 1. The van der Waals surface area contributed by atoms with E-state index < -0.39 is 0 Å². The van der Waals surface area contributed by atoms with Crippen molar-refractivity contribution in [2.24, 2.45) is 0 Å². The number of hydrogen-bond donors (Lipinski definition) is 1. The molecule has 1 N–H and O–H groups in total. The Morgan fingerprint density at radius 3 is 2.85 bits per heavy atom. The van der Waals surface area contributed by atoms with E-state index >= 15 is 0 Å². The quantitative estimate of drug-likeness (QED) is 0.737. The summed E-state index contributed by atoms with van der Waals surface area (Å²) in [5.41, 5.74) is 2.16. The van der Waals surface area contributed by atoms with Gasteiger partial charge in [-0.2, -0.15) is 5.10 Å². The van der Waals surface area contributed by atoms with E-state index in [4.69, 9.17) is 4.74 Å². The van der Waals surface area contributed by atoms with Crippen molar-refractivity contribution in [1.29, 1.82) is 0 Å².